The summed E-state index contributed by atoms with van der Waals surface area (Å²) in [5, 5.41) is 0. The third-order valence-electron chi connectivity index (χ3n) is 3.92. The van der Waals surface area contributed by atoms with Crippen molar-refractivity contribution in [3.05, 3.63) is 12.7 Å². The Morgan fingerprint density at radius 1 is 0.950 bits per heavy atom. The Labute approximate surface area is 122 Å². The van der Waals surface area contributed by atoms with E-state index in [1.807, 2.05) is 6.08 Å². The number of rotatable bonds is 12. The quantitative estimate of drug-likeness (QED) is 0.228. The number of hydrogen-bond donors (Lipinski definition) is 0. The maximum absolute atomic E-state index is 11.2. The molecule has 0 aliphatic carbocycles. The molecule has 114 valence electrons. The molecule has 1 aliphatic rings. The summed E-state index contributed by atoms with van der Waals surface area (Å²) in [6, 6.07) is 0. The van der Waals surface area contributed by atoms with E-state index in [1.165, 1.54) is 44.9 Å². The van der Waals surface area contributed by atoms with Crippen LogP contribution in [0.5, 0.6) is 0 Å². The minimum absolute atomic E-state index is 0.160. The molecule has 0 radical (unpaired) electrons. The lowest BCUT2D eigenvalue weighted by Crippen LogP contribution is -2.06. The Morgan fingerprint density at radius 2 is 1.50 bits per heavy atom. The molecule has 1 heterocycles. The van der Waals surface area contributed by atoms with Crippen molar-refractivity contribution in [3.63, 3.8) is 0 Å². The summed E-state index contributed by atoms with van der Waals surface area (Å²) in [6.07, 6.45) is 15.6. The zero-order valence-corrected chi connectivity index (χ0v) is 12.6. The minimum atomic E-state index is -0.351. The highest BCUT2D eigenvalue weighted by molar-refractivity contribution is 5.94. The second kappa shape index (κ2) is 10.6. The number of esters is 2. The zero-order chi connectivity index (χ0) is 14.6. The summed E-state index contributed by atoms with van der Waals surface area (Å²) in [6.45, 7) is 3.73. The number of carbonyl (C=O) groups is 2. The summed E-state index contributed by atoms with van der Waals surface area (Å²) < 4.78 is 4.54. The zero-order valence-electron chi connectivity index (χ0n) is 12.6. The molecule has 1 atom stereocenters. The molecule has 0 spiro atoms. The Balaban J connectivity index is 1.82. The van der Waals surface area contributed by atoms with Gasteiger partial charge in [-0.25, -0.2) is 0 Å². The molecule has 0 N–H and O–H groups in total. The molecule has 20 heavy (non-hydrogen) atoms. The van der Waals surface area contributed by atoms with Crippen LogP contribution >= 0.6 is 0 Å². The molecule has 1 fully saturated rings. The van der Waals surface area contributed by atoms with Crippen LogP contribution in [0.15, 0.2) is 12.7 Å². The third kappa shape index (κ3) is 7.46. The summed E-state index contributed by atoms with van der Waals surface area (Å²) >= 11 is 0. The van der Waals surface area contributed by atoms with Crippen molar-refractivity contribution in [1.29, 1.82) is 0 Å². The van der Waals surface area contributed by atoms with E-state index in [0.29, 0.717) is 6.42 Å². The molecular formula is C17H28O3. The van der Waals surface area contributed by atoms with Gasteiger partial charge in [-0.3, -0.25) is 9.59 Å². The number of allylic oxidation sites excluding steroid dienone is 1. The largest absolute Gasteiger partial charge is 0.393 e. The lowest BCUT2D eigenvalue weighted by Gasteiger charge is -2.04. The molecule has 0 aromatic rings. The first-order chi connectivity index (χ1) is 9.74. The van der Waals surface area contributed by atoms with Crippen molar-refractivity contribution in [3.8, 4) is 0 Å². The van der Waals surface area contributed by atoms with Gasteiger partial charge in [0.15, 0.2) is 0 Å². The molecule has 0 saturated carbocycles. The van der Waals surface area contributed by atoms with E-state index in [-0.39, 0.29) is 17.9 Å². The van der Waals surface area contributed by atoms with Crippen LogP contribution in [0.1, 0.15) is 77.0 Å². The van der Waals surface area contributed by atoms with Gasteiger partial charge in [0.1, 0.15) is 0 Å². The van der Waals surface area contributed by atoms with Crippen molar-refractivity contribution >= 4 is 11.9 Å². The number of hydrogen-bond acceptors (Lipinski definition) is 3. The summed E-state index contributed by atoms with van der Waals surface area (Å²) in [7, 11) is 0. The molecule has 1 aliphatic heterocycles. The van der Waals surface area contributed by atoms with Gasteiger partial charge < -0.3 is 4.74 Å². The van der Waals surface area contributed by atoms with Gasteiger partial charge in [-0.15, -0.1) is 6.58 Å². The molecule has 0 amide bonds. The highest BCUT2D eigenvalue weighted by atomic mass is 16.6. The smallest absolute Gasteiger partial charge is 0.317 e. The highest BCUT2D eigenvalue weighted by Gasteiger charge is 2.32. The van der Waals surface area contributed by atoms with Crippen molar-refractivity contribution in [2.24, 2.45) is 5.92 Å². The van der Waals surface area contributed by atoms with E-state index in [9.17, 15) is 9.59 Å². The van der Waals surface area contributed by atoms with Crippen molar-refractivity contribution in [2.45, 2.75) is 77.0 Å². The van der Waals surface area contributed by atoms with Gasteiger partial charge >= 0.3 is 11.9 Å². The molecule has 0 bridgehead atoms. The van der Waals surface area contributed by atoms with Gasteiger partial charge in [-0.05, 0) is 19.3 Å². The summed E-state index contributed by atoms with van der Waals surface area (Å²) in [5.41, 5.74) is 0. The number of unbranched alkanes of at least 4 members (excludes halogenated alkanes) is 9. The van der Waals surface area contributed by atoms with Crippen molar-refractivity contribution < 1.29 is 14.3 Å². The van der Waals surface area contributed by atoms with E-state index in [1.54, 1.807) is 0 Å². The number of cyclic esters (lactones) is 2. The third-order valence-corrected chi connectivity index (χ3v) is 3.92. The minimum Gasteiger partial charge on any atom is -0.393 e. The fraction of sp³-hybridized carbons (Fsp3) is 0.765. The monoisotopic (exact) mass is 280 g/mol. The van der Waals surface area contributed by atoms with Gasteiger partial charge in [-0.1, -0.05) is 57.4 Å². The Bertz CT molecular complexity index is 309. The molecule has 3 heteroatoms. The van der Waals surface area contributed by atoms with E-state index in [0.717, 1.165) is 25.7 Å². The fourth-order valence-electron chi connectivity index (χ4n) is 2.66. The lowest BCUT2D eigenvalue weighted by atomic mass is 9.99. The predicted molar refractivity (Wildman–Crippen MR) is 80.2 cm³/mol. The van der Waals surface area contributed by atoms with Crippen LogP contribution in [0.3, 0.4) is 0 Å². The average molecular weight is 280 g/mol. The molecule has 1 rings (SSSR count). The first-order valence-electron chi connectivity index (χ1n) is 8.09. The van der Waals surface area contributed by atoms with E-state index in [4.69, 9.17) is 0 Å². The van der Waals surface area contributed by atoms with Crippen LogP contribution in [0.4, 0.5) is 0 Å². The first kappa shape index (κ1) is 16.9. The standard InChI is InChI=1S/C17H28O3/c1-2-3-4-5-6-7-8-9-10-11-12-13-15-14-16(18)20-17(15)19/h2,15H,1,3-14H2. The normalized spacial score (nSPS) is 18.3. The van der Waals surface area contributed by atoms with Gasteiger partial charge in [0.2, 0.25) is 0 Å². The number of ether oxygens (including phenoxy) is 1. The molecule has 0 aromatic carbocycles. The molecule has 0 aromatic heterocycles. The molecule has 1 saturated heterocycles. The maximum Gasteiger partial charge on any atom is 0.317 e. The van der Waals surface area contributed by atoms with Gasteiger partial charge in [0.05, 0.1) is 12.3 Å². The molecule has 3 nitrogen and oxygen atoms in total. The fourth-order valence-corrected chi connectivity index (χ4v) is 2.66. The average Bonchev–Trinajstić information content (AvgIpc) is 2.74. The van der Waals surface area contributed by atoms with Gasteiger partial charge in [-0.2, -0.15) is 0 Å². The topological polar surface area (TPSA) is 43.4 Å². The van der Waals surface area contributed by atoms with Crippen LogP contribution in [0.25, 0.3) is 0 Å². The highest BCUT2D eigenvalue weighted by Crippen LogP contribution is 2.22. The van der Waals surface area contributed by atoms with E-state index in [2.05, 4.69) is 11.3 Å². The predicted octanol–water partition coefficient (Wildman–Crippen LogP) is 4.55. The summed E-state index contributed by atoms with van der Waals surface area (Å²) in [5.74, 6) is -0.821. The van der Waals surface area contributed by atoms with Crippen LogP contribution in [0.2, 0.25) is 0 Å². The lowest BCUT2D eigenvalue weighted by molar-refractivity contribution is -0.153. The Kier molecular flexibility index (Phi) is 9.01. The van der Waals surface area contributed by atoms with Gasteiger partial charge in [0, 0.05) is 0 Å². The maximum atomic E-state index is 11.2. The van der Waals surface area contributed by atoms with Crippen LogP contribution in [-0.2, 0) is 14.3 Å². The van der Waals surface area contributed by atoms with Gasteiger partial charge in [0.25, 0.3) is 0 Å². The van der Waals surface area contributed by atoms with Crippen molar-refractivity contribution in [2.75, 3.05) is 0 Å². The molecular weight excluding hydrogens is 252 g/mol. The summed E-state index contributed by atoms with van der Waals surface area (Å²) in [4.78, 5) is 22.2. The Hall–Kier alpha value is -1.12. The second-order valence-corrected chi connectivity index (χ2v) is 5.74. The number of carbonyl (C=O) groups excluding carboxylic acids is 2. The SMILES string of the molecule is C=CCCCCCCCCCCCC1CC(=O)OC1=O. The van der Waals surface area contributed by atoms with Crippen LogP contribution in [-0.4, -0.2) is 11.9 Å². The van der Waals surface area contributed by atoms with E-state index < -0.39 is 0 Å². The van der Waals surface area contributed by atoms with Crippen molar-refractivity contribution in [1.82, 2.24) is 0 Å². The molecule has 1 unspecified atom stereocenters. The Morgan fingerprint density at radius 3 is 2.00 bits per heavy atom. The van der Waals surface area contributed by atoms with Crippen LogP contribution < -0.4 is 0 Å². The van der Waals surface area contributed by atoms with Crippen LogP contribution in [0, 0.1) is 5.92 Å². The van der Waals surface area contributed by atoms with E-state index >= 15 is 0 Å². The first-order valence-corrected chi connectivity index (χ1v) is 8.09. The second-order valence-electron chi connectivity index (χ2n) is 5.74.